The van der Waals surface area contributed by atoms with Gasteiger partial charge in [0.2, 0.25) is 0 Å². The van der Waals surface area contributed by atoms with E-state index in [4.69, 9.17) is 4.74 Å². The van der Waals surface area contributed by atoms with Gasteiger partial charge < -0.3 is 10.1 Å². The maximum Gasteiger partial charge on any atom is 0.0702 e. The number of rotatable bonds is 3. The monoisotopic (exact) mass is 252 g/mol. The largest absolute Gasteiger partial charge is 0.377 e. The van der Waals surface area contributed by atoms with Gasteiger partial charge in [0, 0.05) is 37.8 Å². The molecular weight excluding hydrogens is 224 g/mol. The predicted molar refractivity (Wildman–Crippen MR) is 73.8 cm³/mol. The molecule has 0 radical (unpaired) electrons. The summed E-state index contributed by atoms with van der Waals surface area (Å²) in [4.78, 5) is 2.68. The zero-order valence-electron chi connectivity index (χ0n) is 12.0. The quantitative estimate of drug-likeness (QED) is 0.831. The fraction of sp³-hybridized carbons (Fsp3) is 1.00. The topological polar surface area (TPSA) is 24.5 Å². The molecule has 2 atom stereocenters. The smallest absolute Gasteiger partial charge is 0.0702 e. The summed E-state index contributed by atoms with van der Waals surface area (Å²) in [5, 5.41) is 3.76. The Morgan fingerprint density at radius 1 is 1.22 bits per heavy atom. The van der Waals surface area contributed by atoms with Gasteiger partial charge in [-0.3, -0.25) is 4.90 Å². The maximum absolute atomic E-state index is 5.92. The average Bonchev–Trinajstić information content (AvgIpc) is 3.17. The van der Waals surface area contributed by atoms with Crippen molar-refractivity contribution in [3.8, 4) is 0 Å². The minimum atomic E-state index is 0.284. The van der Waals surface area contributed by atoms with Crippen molar-refractivity contribution in [3.63, 3.8) is 0 Å². The lowest BCUT2D eigenvalue weighted by Gasteiger charge is -2.47. The van der Waals surface area contributed by atoms with E-state index in [9.17, 15) is 0 Å². The van der Waals surface area contributed by atoms with Crippen LogP contribution < -0.4 is 5.32 Å². The first kappa shape index (κ1) is 12.9. The molecule has 0 amide bonds. The van der Waals surface area contributed by atoms with Crippen molar-refractivity contribution >= 4 is 0 Å². The van der Waals surface area contributed by atoms with Gasteiger partial charge in [0.15, 0.2) is 0 Å². The number of nitrogens with one attached hydrogen (secondary N) is 1. The standard InChI is InChI=1S/C15H28N2O/c1-15(2)11-16-14(12-6-7-12)10-17(15)9-13-5-3-4-8-18-13/h12-14,16H,3-11H2,1-2H3. The Labute approximate surface area is 111 Å². The number of ether oxygens (including phenoxy) is 1. The molecule has 2 saturated heterocycles. The normalized spacial score (nSPS) is 37.7. The number of hydrogen-bond donors (Lipinski definition) is 1. The second-order valence-corrected chi connectivity index (χ2v) is 7.03. The minimum Gasteiger partial charge on any atom is -0.377 e. The van der Waals surface area contributed by atoms with Crippen LogP contribution in [0.3, 0.4) is 0 Å². The fourth-order valence-electron chi connectivity index (χ4n) is 3.37. The molecule has 0 spiro atoms. The summed E-state index contributed by atoms with van der Waals surface area (Å²) in [6.45, 7) is 9.19. The summed E-state index contributed by atoms with van der Waals surface area (Å²) in [5.41, 5.74) is 0.284. The Morgan fingerprint density at radius 3 is 2.72 bits per heavy atom. The molecule has 3 aliphatic rings. The van der Waals surface area contributed by atoms with Crippen LogP contribution in [0.1, 0.15) is 46.0 Å². The van der Waals surface area contributed by atoms with Crippen molar-refractivity contribution in [2.24, 2.45) is 5.92 Å². The van der Waals surface area contributed by atoms with E-state index < -0.39 is 0 Å². The zero-order valence-corrected chi connectivity index (χ0v) is 12.0. The lowest BCUT2D eigenvalue weighted by Crippen LogP contribution is -2.63. The Balaban J connectivity index is 1.58. The third-order valence-electron chi connectivity index (χ3n) is 4.96. The highest BCUT2D eigenvalue weighted by Crippen LogP contribution is 2.35. The Hall–Kier alpha value is -0.120. The molecule has 3 rings (SSSR count). The van der Waals surface area contributed by atoms with Gasteiger partial charge in [-0.25, -0.2) is 0 Å². The van der Waals surface area contributed by atoms with E-state index in [-0.39, 0.29) is 5.54 Å². The van der Waals surface area contributed by atoms with E-state index in [1.54, 1.807) is 0 Å². The molecular formula is C15H28N2O. The molecule has 2 unspecified atom stereocenters. The molecule has 0 aromatic rings. The lowest BCUT2D eigenvalue weighted by atomic mass is 9.94. The van der Waals surface area contributed by atoms with E-state index in [1.807, 2.05) is 0 Å². The molecule has 3 heteroatoms. The summed E-state index contributed by atoms with van der Waals surface area (Å²) in [5.74, 6) is 0.955. The SMILES string of the molecule is CC1(C)CNC(C2CC2)CN1CC1CCCCO1. The van der Waals surface area contributed by atoms with Crippen LogP contribution in [0, 0.1) is 5.92 Å². The van der Waals surface area contributed by atoms with Crippen molar-refractivity contribution in [1.29, 1.82) is 0 Å². The van der Waals surface area contributed by atoms with Gasteiger partial charge in [-0.05, 0) is 51.9 Å². The maximum atomic E-state index is 5.92. The van der Waals surface area contributed by atoms with Crippen molar-refractivity contribution < 1.29 is 4.74 Å². The van der Waals surface area contributed by atoms with Crippen molar-refractivity contribution in [1.82, 2.24) is 10.2 Å². The first-order valence-corrected chi connectivity index (χ1v) is 7.75. The molecule has 0 bridgehead atoms. The number of piperazine rings is 1. The molecule has 104 valence electrons. The highest BCUT2D eigenvalue weighted by Gasteiger charge is 2.41. The molecule has 2 heterocycles. The van der Waals surface area contributed by atoms with Crippen LogP contribution in [0.2, 0.25) is 0 Å². The van der Waals surface area contributed by atoms with Crippen LogP contribution in [-0.4, -0.2) is 48.8 Å². The molecule has 2 aliphatic heterocycles. The molecule has 1 aliphatic carbocycles. The molecule has 0 aromatic carbocycles. The number of nitrogens with zero attached hydrogens (tertiary/aromatic N) is 1. The van der Waals surface area contributed by atoms with Crippen LogP contribution in [0.25, 0.3) is 0 Å². The van der Waals surface area contributed by atoms with Gasteiger partial charge in [0.1, 0.15) is 0 Å². The summed E-state index contributed by atoms with van der Waals surface area (Å²) in [6, 6.07) is 0.738. The predicted octanol–water partition coefficient (Wildman–Crippen LogP) is 2.02. The van der Waals surface area contributed by atoms with E-state index in [2.05, 4.69) is 24.1 Å². The number of hydrogen-bond acceptors (Lipinski definition) is 3. The minimum absolute atomic E-state index is 0.284. The van der Waals surface area contributed by atoms with Crippen LogP contribution >= 0.6 is 0 Å². The van der Waals surface area contributed by atoms with Crippen LogP contribution in [-0.2, 0) is 4.74 Å². The summed E-state index contributed by atoms with van der Waals surface area (Å²) < 4.78 is 5.92. The van der Waals surface area contributed by atoms with Crippen LogP contribution in [0.4, 0.5) is 0 Å². The van der Waals surface area contributed by atoms with E-state index in [0.29, 0.717) is 6.10 Å². The highest BCUT2D eigenvalue weighted by atomic mass is 16.5. The Bertz CT molecular complexity index is 282. The van der Waals surface area contributed by atoms with E-state index in [0.717, 1.165) is 31.7 Å². The van der Waals surface area contributed by atoms with Gasteiger partial charge in [-0.1, -0.05) is 0 Å². The first-order valence-electron chi connectivity index (χ1n) is 7.75. The second kappa shape index (κ2) is 5.10. The van der Waals surface area contributed by atoms with Crippen LogP contribution in [0.15, 0.2) is 0 Å². The molecule has 1 saturated carbocycles. The van der Waals surface area contributed by atoms with Crippen molar-refractivity contribution in [2.45, 2.75) is 63.6 Å². The Morgan fingerprint density at radius 2 is 2.06 bits per heavy atom. The van der Waals surface area contributed by atoms with Gasteiger partial charge >= 0.3 is 0 Å². The molecule has 3 fully saturated rings. The van der Waals surface area contributed by atoms with Gasteiger partial charge in [-0.2, -0.15) is 0 Å². The van der Waals surface area contributed by atoms with Gasteiger partial charge in [0.25, 0.3) is 0 Å². The van der Waals surface area contributed by atoms with E-state index >= 15 is 0 Å². The van der Waals surface area contributed by atoms with Gasteiger partial charge in [-0.15, -0.1) is 0 Å². The molecule has 1 N–H and O–H groups in total. The molecule has 3 nitrogen and oxygen atoms in total. The van der Waals surface area contributed by atoms with Gasteiger partial charge in [0.05, 0.1) is 6.10 Å². The van der Waals surface area contributed by atoms with E-state index in [1.165, 1.54) is 38.6 Å². The van der Waals surface area contributed by atoms with Crippen molar-refractivity contribution in [3.05, 3.63) is 0 Å². The molecule has 18 heavy (non-hydrogen) atoms. The van der Waals surface area contributed by atoms with Crippen LogP contribution in [0.5, 0.6) is 0 Å². The lowest BCUT2D eigenvalue weighted by molar-refractivity contribution is -0.0387. The first-order chi connectivity index (χ1) is 8.65. The third kappa shape index (κ3) is 2.89. The van der Waals surface area contributed by atoms with Crippen molar-refractivity contribution in [2.75, 3.05) is 26.2 Å². The summed E-state index contributed by atoms with van der Waals surface area (Å²) >= 11 is 0. The zero-order chi connectivity index (χ0) is 12.6. The summed E-state index contributed by atoms with van der Waals surface area (Å²) in [6.07, 6.45) is 7.22. The third-order valence-corrected chi connectivity index (χ3v) is 4.96. The highest BCUT2D eigenvalue weighted by molar-refractivity contribution is 4.98. The fourth-order valence-corrected chi connectivity index (χ4v) is 3.37. The Kier molecular flexibility index (Phi) is 3.65. The summed E-state index contributed by atoms with van der Waals surface area (Å²) in [7, 11) is 0. The second-order valence-electron chi connectivity index (χ2n) is 7.03. The molecule has 0 aromatic heterocycles. The average molecular weight is 252 g/mol.